The summed E-state index contributed by atoms with van der Waals surface area (Å²) in [7, 11) is 0. The van der Waals surface area contributed by atoms with E-state index in [2.05, 4.69) is 144 Å². The van der Waals surface area contributed by atoms with Crippen LogP contribution in [0.5, 0.6) is 0 Å². The number of benzene rings is 7. The SMILES string of the molecule is c1ccc2c(c1)ccc1nc(-c3ccc4c(c3)c3cc(-c5nc6ccccc6s5)ccc3n4-c3ccc(-c4nc5ccccc5s4)cc3)sc12. The van der Waals surface area contributed by atoms with Gasteiger partial charge >= 0.3 is 0 Å². The molecule has 0 saturated heterocycles. The summed E-state index contributed by atoms with van der Waals surface area (Å²) in [4.78, 5) is 15.0. The highest BCUT2D eigenvalue weighted by Gasteiger charge is 2.18. The van der Waals surface area contributed by atoms with E-state index >= 15 is 0 Å². The Labute approximate surface area is 298 Å². The Morgan fingerprint density at radius 1 is 0.400 bits per heavy atom. The van der Waals surface area contributed by atoms with Gasteiger partial charge in [0.15, 0.2) is 0 Å². The fraction of sp³-hybridized carbons (Fsp3) is 0. The van der Waals surface area contributed by atoms with E-state index in [0.717, 1.165) is 65.0 Å². The molecular weight excluding hydrogens is 669 g/mol. The lowest BCUT2D eigenvalue weighted by atomic mass is 10.1. The highest BCUT2D eigenvalue weighted by molar-refractivity contribution is 7.23. The van der Waals surface area contributed by atoms with E-state index < -0.39 is 0 Å². The van der Waals surface area contributed by atoms with Gasteiger partial charge in [-0.05, 0) is 96.4 Å². The summed E-state index contributed by atoms with van der Waals surface area (Å²) in [6.45, 7) is 0. The third-order valence-electron chi connectivity index (χ3n) is 9.50. The van der Waals surface area contributed by atoms with Crippen molar-refractivity contribution in [3.05, 3.63) is 146 Å². The Balaban J connectivity index is 1.10. The minimum Gasteiger partial charge on any atom is -0.309 e. The van der Waals surface area contributed by atoms with Crippen LogP contribution in [0.3, 0.4) is 0 Å². The van der Waals surface area contributed by atoms with E-state index in [-0.39, 0.29) is 0 Å². The molecule has 0 radical (unpaired) electrons. The van der Waals surface area contributed by atoms with Crippen LogP contribution in [0.1, 0.15) is 0 Å². The molecule has 50 heavy (non-hydrogen) atoms. The molecule has 11 rings (SSSR count). The Kier molecular flexibility index (Phi) is 6.13. The number of nitrogens with zero attached hydrogens (tertiary/aromatic N) is 4. The van der Waals surface area contributed by atoms with Gasteiger partial charge in [0.25, 0.3) is 0 Å². The average molecular weight is 693 g/mol. The lowest BCUT2D eigenvalue weighted by Gasteiger charge is -2.09. The first-order chi connectivity index (χ1) is 24.7. The molecule has 4 heterocycles. The predicted molar refractivity (Wildman–Crippen MR) is 214 cm³/mol. The Hall–Kier alpha value is -5.73. The van der Waals surface area contributed by atoms with Crippen molar-refractivity contribution in [2.75, 3.05) is 0 Å². The lowest BCUT2D eigenvalue weighted by Crippen LogP contribution is -1.94. The van der Waals surface area contributed by atoms with Crippen molar-refractivity contribution in [2.45, 2.75) is 0 Å². The van der Waals surface area contributed by atoms with Gasteiger partial charge in [0.05, 0.1) is 41.7 Å². The van der Waals surface area contributed by atoms with E-state index in [0.29, 0.717) is 0 Å². The molecule has 11 aromatic rings. The first-order valence-corrected chi connectivity index (χ1v) is 18.9. The third-order valence-corrected chi connectivity index (χ3v) is 12.8. The highest BCUT2D eigenvalue weighted by Crippen LogP contribution is 2.41. The van der Waals surface area contributed by atoms with Crippen LogP contribution in [0.2, 0.25) is 0 Å². The third kappa shape index (κ3) is 4.38. The van der Waals surface area contributed by atoms with Gasteiger partial charge < -0.3 is 4.57 Å². The minimum absolute atomic E-state index is 1.03. The number of aromatic nitrogens is 4. The molecule has 0 fully saturated rings. The van der Waals surface area contributed by atoms with Crippen LogP contribution in [-0.2, 0) is 0 Å². The molecule has 4 nitrogen and oxygen atoms in total. The molecule has 0 aliphatic heterocycles. The standard InChI is InChI=1S/C43H24N4S3/c1-2-8-30-25(7-1)15-20-35-40(30)50-43(46-35)28-17-22-37-32(24-28)31-23-27(42-45-34-10-4-6-12-39(34)49-42)16-21-36(31)47(37)29-18-13-26(14-19-29)41-44-33-9-3-5-11-38(33)48-41/h1-24H. The van der Waals surface area contributed by atoms with Crippen molar-refractivity contribution in [3.8, 4) is 37.4 Å². The highest BCUT2D eigenvalue weighted by atomic mass is 32.1. The van der Waals surface area contributed by atoms with E-state index in [9.17, 15) is 0 Å². The zero-order valence-electron chi connectivity index (χ0n) is 26.4. The second-order valence-corrected chi connectivity index (χ2v) is 15.5. The minimum atomic E-state index is 1.03. The number of fused-ring (bicyclic) bond motifs is 8. The van der Waals surface area contributed by atoms with E-state index in [1.165, 1.54) is 35.6 Å². The number of thiazole rings is 3. The first kappa shape index (κ1) is 28.1. The zero-order chi connectivity index (χ0) is 32.8. The molecule has 0 spiro atoms. The summed E-state index contributed by atoms with van der Waals surface area (Å²) in [6, 6.07) is 52.0. The molecule has 0 saturated carbocycles. The van der Waals surface area contributed by atoms with Gasteiger partial charge in [-0.15, -0.1) is 34.0 Å². The molecular formula is C43H24N4S3. The molecule has 7 aromatic carbocycles. The molecule has 7 heteroatoms. The van der Waals surface area contributed by atoms with Crippen molar-refractivity contribution in [2.24, 2.45) is 0 Å². The molecule has 234 valence electrons. The first-order valence-electron chi connectivity index (χ1n) is 16.4. The van der Waals surface area contributed by atoms with Crippen LogP contribution in [-0.4, -0.2) is 19.5 Å². The molecule has 0 bridgehead atoms. The van der Waals surface area contributed by atoms with E-state index in [1.807, 2.05) is 6.07 Å². The van der Waals surface area contributed by atoms with Gasteiger partial charge in [0.2, 0.25) is 0 Å². The fourth-order valence-corrected chi connectivity index (χ4v) is 10.1. The van der Waals surface area contributed by atoms with Crippen molar-refractivity contribution < 1.29 is 0 Å². The normalized spacial score (nSPS) is 12.0. The van der Waals surface area contributed by atoms with Crippen LogP contribution in [0.15, 0.2) is 146 Å². The van der Waals surface area contributed by atoms with Gasteiger partial charge in [-0.1, -0.05) is 54.6 Å². The molecule has 0 aliphatic carbocycles. The van der Waals surface area contributed by atoms with E-state index in [4.69, 9.17) is 15.0 Å². The lowest BCUT2D eigenvalue weighted by molar-refractivity contribution is 1.18. The van der Waals surface area contributed by atoms with Crippen molar-refractivity contribution >= 4 is 97.2 Å². The molecule has 0 aliphatic rings. The maximum atomic E-state index is 5.13. The van der Waals surface area contributed by atoms with Gasteiger partial charge in [0.1, 0.15) is 15.0 Å². The second kappa shape index (κ2) is 10.9. The summed E-state index contributed by atoms with van der Waals surface area (Å²) in [5.74, 6) is 0. The van der Waals surface area contributed by atoms with Crippen LogP contribution >= 0.6 is 34.0 Å². The van der Waals surface area contributed by atoms with Gasteiger partial charge in [-0.3, -0.25) is 0 Å². The topological polar surface area (TPSA) is 43.6 Å². The Morgan fingerprint density at radius 3 is 1.60 bits per heavy atom. The quantitative estimate of drug-likeness (QED) is 0.184. The summed E-state index contributed by atoms with van der Waals surface area (Å²) >= 11 is 5.24. The summed E-state index contributed by atoms with van der Waals surface area (Å²) in [5, 5.41) is 7.98. The Bertz CT molecular complexity index is 3040. The number of hydrogen-bond acceptors (Lipinski definition) is 6. The molecule has 4 aromatic heterocycles. The molecule has 0 unspecified atom stereocenters. The molecule has 0 amide bonds. The number of rotatable bonds is 4. The van der Waals surface area contributed by atoms with Gasteiger partial charge in [-0.2, -0.15) is 0 Å². The molecule has 0 N–H and O–H groups in total. The predicted octanol–water partition coefficient (Wildman–Crippen LogP) is 12.8. The summed E-state index contributed by atoms with van der Waals surface area (Å²) in [5.41, 5.74) is 9.92. The van der Waals surface area contributed by atoms with Crippen molar-refractivity contribution in [3.63, 3.8) is 0 Å². The van der Waals surface area contributed by atoms with Gasteiger partial charge in [-0.25, -0.2) is 15.0 Å². The van der Waals surface area contributed by atoms with Crippen LogP contribution < -0.4 is 0 Å². The molecule has 0 atom stereocenters. The maximum absolute atomic E-state index is 5.13. The average Bonchev–Trinajstić information content (AvgIpc) is 3.97. The van der Waals surface area contributed by atoms with Crippen LogP contribution in [0.25, 0.3) is 101 Å². The largest absolute Gasteiger partial charge is 0.309 e. The van der Waals surface area contributed by atoms with Crippen LogP contribution in [0.4, 0.5) is 0 Å². The maximum Gasteiger partial charge on any atom is 0.124 e. The Morgan fingerprint density at radius 2 is 0.940 bits per heavy atom. The van der Waals surface area contributed by atoms with Crippen LogP contribution in [0, 0.1) is 0 Å². The summed E-state index contributed by atoms with van der Waals surface area (Å²) < 4.78 is 6.01. The fourth-order valence-electron chi connectivity index (χ4n) is 7.09. The second-order valence-electron chi connectivity index (χ2n) is 12.5. The number of para-hydroxylation sites is 2. The van der Waals surface area contributed by atoms with Crippen molar-refractivity contribution in [1.82, 2.24) is 19.5 Å². The summed E-state index contributed by atoms with van der Waals surface area (Å²) in [6.07, 6.45) is 0. The van der Waals surface area contributed by atoms with Crippen molar-refractivity contribution in [1.29, 1.82) is 0 Å². The van der Waals surface area contributed by atoms with Gasteiger partial charge in [0, 0.05) is 38.5 Å². The van der Waals surface area contributed by atoms with E-state index in [1.54, 1.807) is 34.0 Å². The smallest absolute Gasteiger partial charge is 0.124 e. The monoisotopic (exact) mass is 692 g/mol. The zero-order valence-corrected chi connectivity index (χ0v) is 28.8. The number of hydrogen-bond donors (Lipinski definition) is 0.